The van der Waals surface area contributed by atoms with Crippen LogP contribution in [-0.4, -0.2) is 15.5 Å². The number of rotatable bonds is 2. The fourth-order valence-corrected chi connectivity index (χ4v) is 2.08. The minimum Gasteiger partial charge on any atom is -0.591 e. The third-order valence-corrected chi connectivity index (χ3v) is 3.83. The van der Waals surface area contributed by atoms with Gasteiger partial charge in [-0.1, -0.05) is 4.40 Å². The van der Waals surface area contributed by atoms with Gasteiger partial charge in [0.2, 0.25) is 0 Å². The van der Waals surface area contributed by atoms with Gasteiger partial charge in [-0.25, -0.2) is 0 Å². The van der Waals surface area contributed by atoms with Crippen molar-refractivity contribution in [3.63, 3.8) is 0 Å². The topological polar surface area (TPSA) is 59.2 Å². The molecule has 0 saturated carbocycles. The Balaban J connectivity index is 2.82. The van der Waals surface area contributed by atoms with Gasteiger partial charge in [0, 0.05) is 0 Å². The Morgan fingerprint density at radius 1 is 1.62 bits per heavy atom. The molecule has 0 aliphatic carbocycles. The molecule has 16 heavy (non-hydrogen) atoms. The molecule has 86 valence electrons. The first kappa shape index (κ1) is 13.2. The average molecular weight is 258 g/mol. The van der Waals surface area contributed by atoms with E-state index in [2.05, 4.69) is 4.40 Å². The average Bonchev–Trinajstić information content (AvgIpc) is 2.54. The van der Waals surface area contributed by atoms with Gasteiger partial charge in [0.25, 0.3) is 0 Å². The van der Waals surface area contributed by atoms with E-state index in [1.165, 1.54) is 12.3 Å². The molecule has 0 bridgehead atoms. The van der Waals surface area contributed by atoms with E-state index in [0.717, 1.165) is 11.3 Å². The third-order valence-electron chi connectivity index (χ3n) is 1.63. The van der Waals surface area contributed by atoms with Crippen LogP contribution in [0.1, 0.15) is 31.2 Å². The summed E-state index contributed by atoms with van der Waals surface area (Å²) in [6.45, 7) is 5.41. The van der Waals surface area contributed by atoms with Crippen LogP contribution in [0.25, 0.3) is 0 Å². The maximum atomic E-state index is 13.0. The molecule has 1 aromatic rings. The standard InChI is InChI=1S/C10H11FN2OS2/c1-10(2,3)16(14)13-6-8-4-7(5-12)9(11)15-8/h4,6H,1-3H3/b13-6+. The van der Waals surface area contributed by atoms with Gasteiger partial charge in [0.05, 0.1) is 16.7 Å². The molecule has 0 aromatic carbocycles. The van der Waals surface area contributed by atoms with E-state index in [4.69, 9.17) is 5.26 Å². The van der Waals surface area contributed by atoms with E-state index in [-0.39, 0.29) is 5.56 Å². The summed E-state index contributed by atoms with van der Waals surface area (Å²) >= 11 is -0.548. The number of hydrogen-bond donors (Lipinski definition) is 0. The summed E-state index contributed by atoms with van der Waals surface area (Å²) in [5.41, 5.74) is -0.00649. The minimum atomic E-state index is -1.37. The molecule has 0 saturated heterocycles. The van der Waals surface area contributed by atoms with Crippen LogP contribution >= 0.6 is 11.3 Å². The smallest absolute Gasteiger partial charge is 0.194 e. The molecule has 6 heteroatoms. The normalized spacial score (nSPS) is 14.0. The monoisotopic (exact) mass is 258 g/mol. The highest BCUT2D eigenvalue weighted by molar-refractivity contribution is 7.91. The van der Waals surface area contributed by atoms with Crippen LogP contribution in [0, 0.1) is 16.5 Å². The van der Waals surface area contributed by atoms with Gasteiger partial charge < -0.3 is 4.55 Å². The van der Waals surface area contributed by atoms with E-state index in [1.54, 1.807) is 26.8 Å². The highest BCUT2D eigenvalue weighted by atomic mass is 32.2. The van der Waals surface area contributed by atoms with Crippen molar-refractivity contribution < 1.29 is 8.94 Å². The van der Waals surface area contributed by atoms with Crippen LogP contribution in [0.2, 0.25) is 0 Å². The summed E-state index contributed by atoms with van der Waals surface area (Å²) in [6.07, 6.45) is 1.34. The Morgan fingerprint density at radius 3 is 2.69 bits per heavy atom. The Kier molecular flexibility index (Phi) is 4.08. The predicted molar refractivity (Wildman–Crippen MR) is 64.5 cm³/mol. The second-order valence-electron chi connectivity index (χ2n) is 4.04. The van der Waals surface area contributed by atoms with Crippen molar-refractivity contribution in [2.45, 2.75) is 25.5 Å². The summed E-state index contributed by atoms with van der Waals surface area (Å²) in [4.78, 5) is 0.492. The van der Waals surface area contributed by atoms with Gasteiger partial charge in [0.15, 0.2) is 5.13 Å². The van der Waals surface area contributed by atoms with E-state index in [9.17, 15) is 8.94 Å². The highest BCUT2D eigenvalue weighted by Gasteiger charge is 2.25. The lowest BCUT2D eigenvalue weighted by molar-refractivity contribution is 0.562. The number of halogens is 1. The fourth-order valence-electron chi connectivity index (χ4n) is 0.785. The quantitative estimate of drug-likeness (QED) is 0.604. The van der Waals surface area contributed by atoms with E-state index in [1.807, 2.05) is 0 Å². The zero-order valence-corrected chi connectivity index (χ0v) is 10.8. The lowest BCUT2D eigenvalue weighted by atomic mass is 10.3. The summed E-state index contributed by atoms with van der Waals surface area (Å²) in [7, 11) is 0. The number of thiophene rings is 1. The van der Waals surface area contributed by atoms with Gasteiger partial charge in [-0.2, -0.15) is 9.65 Å². The second kappa shape index (κ2) is 4.95. The maximum absolute atomic E-state index is 13.0. The van der Waals surface area contributed by atoms with Crippen molar-refractivity contribution in [2.75, 3.05) is 0 Å². The van der Waals surface area contributed by atoms with E-state index >= 15 is 0 Å². The molecule has 0 N–H and O–H groups in total. The molecule has 3 nitrogen and oxygen atoms in total. The molecule has 1 heterocycles. The van der Waals surface area contributed by atoms with Crippen LogP contribution in [0.15, 0.2) is 10.5 Å². The lowest BCUT2D eigenvalue weighted by Crippen LogP contribution is -2.25. The van der Waals surface area contributed by atoms with Crippen molar-refractivity contribution in [1.82, 2.24) is 0 Å². The molecule has 0 spiro atoms. The Hall–Kier alpha value is -0.900. The summed E-state index contributed by atoms with van der Waals surface area (Å²) < 4.78 is 28.0. The predicted octanol–water partition coefficient (Wildman–Crippen LogP) is 2.64. The molecular formula is C10H11FN2OS2. The van der Waals surface area contributed by atoms with Crippen molar-refractivity contribution >= 4 is 28.9 Å². The first-order valence-corrected chi connectivity index (χ1v) is 6.42. The van der Waals surface area contributed by atoms with Crippen molar-refractivity contribution in [1.29, 1.82) is 5.26 Å². The largest absolute Gasteiger partial charge is 0.591 e. The molecule has 0 radical (unpaired) electrons. The van der Waals surface area contributed by atoms with Crippen LogP contribution in [-0.2, 0) is 11.4 Å². The molecule has 0 aliphatic rings. The molecule has 1 rings (SSSR count). The third kappa shape index (κ3) is 3.30. The van der Waals surface area contributed by atoms with Crippen LogP contribution in [0.5, 0.6) is 0 Å². The first-order chi connectivity index (χ1) is 7.34. The minimum absolute atomic E-state index is 0.00649. The molecule has 0 amide bonds. The van der Waals surface area contributed by atoms with Gasteiger partial charge in [-0.05, 0) is 26.8 Å². The number of nitrogens with zero attached hydrogens (tertiary/aromatic N) is 2. The zero-order valence-electron chi connectivity index (χ0n) is 9.15. The van der Waals surface area contributed by atoms with Crippen LogP contribution < -0.4 is 0 Å². The first-order valence-electron chi connectivity index (χ1n) is 4.50. The van der Waals surface area contributed by atoms with Crippen molar-refractivity contribution in [2.24, 2.45) is 4.40 Å². The SMILES string of the molecule is CC(C)(C)[S+]([O-])/N=C/c1cc(C#N)c(F)s1. The number of hydrogen-bond acceptors (Lipinski definition) is 4. The summed E-state index contributed by atoms with van der Waals surface area (Å²) in [6, 6.07) is 3.12. The van der Waals surface area contributed by atoms with Crippen molar-refractivity contribution in [3.8, 4) is 6.07 Å². The van der Waals surface area contributed by atoms with Crippen LogP contribution in [0.4, 0.5) is 4.39 Å². The molecule has 1 aromatic heterocycles. The second-order valence-corrected chi connectivity index (χ2v) is 7.01. The summed E-state index contributed by atoms with van der Waals surface area (Å²) in [5, 5.41) is 8.01. The molecule has 1 unspecified atom stereocenters. The van der Waals surface area contributed by atoms with Gasteiger partial charge in [0.1, 0.15) is 22.2 Å². The maximum Gasteiger partial charge on any atom is 0.194 e. The van der Waals surface area contributed by atoms with Crippen LogP contribution in [0.3, 0.4) is 0 Å². The molecule has 1 atom stereocenters. The Bertz CT molecular complexity index is 443. The molecule has 0 aliphatic heterocycles. The van der Waals surface area contributed by atoms with E-state index < -0.39 is 21.2 Å². The van der Waals surface area contributed by atoms with Gasteiger partial charge in [-0.3, -0.25) is 0 Å². The van der Waals surface area contributed by atoms with Gasteiger partial charge >= 0.3 is 0 Å². The van der Waals surface area contributed by atoms with E-state index in [0.29, 0.717) is 4.88 Å². The number of nitriles is 1. The molecular weight excluding hydrogens is 247 g/mol. The van der Waals surface area contributed by atoms with Gasteiger partial charge in [-0.15, -0.1) is 11.3 Å². The fraction of sp³-hybridized carbons (Fsp3) is 0.400. The molecule has 0 fully saturated rings. The highest BCUT2D eigenvalue weighted by Crippen LogP contribution is 2.20. The van der Waals surface area contributed by atoms with Crippen molar-refractivity contribution in [3.05, 3.63) is 21.6 Å². The lowest BCUT2D eigenvalue weighted by Gasteiger charge is -2.17. The Labute approximate surface area is 101 Å². The summed E-state index contributed by atoms with van der Waals surface area (Å²) in [5.74, 6) is 0. The zero-order chi connectivity index (χ0) is 12.3. The Morgan fingerprint density at radius 2 is 2.25 bits per heavy atom.